The van der Waals surface area contributed by atoms with E-state index in [2.05, 4.69) is 51.3 Å². The van der Waals surface area contributed by atoms with Crippen LogP contribution in [0.25, 0.3) is 0 Å². The number of aryl methyl sites for hydroxylation is 2. The minimum atomic E-state index is 0.575. The predicted octanol–water partition coefficient (Wildman–Crippen LogP) is 3.73. The fourth-order valence-corrected chi connectivity index (χ4v) is 3.01. The highest BCUT2D eigenvalue weighted by atomic mass is 32.1. The molecule has 0 aliphatic carbocycles. The molecule has 0 aliphatic rings. The summed E-state index contributed by atoms with van der Waals surface area (Å²) in [6.07, 6.45) is 5.56. The van der Waals surface area contributed by atoms with Crippen molar-refractivity contribution in [3.8, 4) is 5.75 Å². The van der Waals surface area contributed by atoms with Gasteiger partial charge in [-0.1, -0.05) is 24.6 Å². The first-order valence-corrected chi connectivity index (χ1v) is 9.68. The van der Waals surface area contributed by atoms with E-state index in [1.165, 1.54) is 16.9 Å². The molecule has 0 aliphatic heterocycles. The van der Waals surface area contributed by atoms with Crippen LogP contribution in [0.3, 0.4) is 0 Å². The Morgan fingerprint density at radius 2 is 1.88 bits per heavy atom. The smallest absolute Gasteiger partial charge is 0.225 e. The topological polar surface area (TPSA) is 51.1 Å². The van der Waals surface area contributed by atoms with Gasteiger partial charge < -0.3 is 9.64 Å². The molecule has 135 valence electrons. The molecule has 0 fully saturated rings. The molecule has 6 heteroatoms. The van der Waals surface area contributed by atoms with Crippen LogP contribution >= 0.6 is 11.3 Å². The fraction of sp³-hybridized carbons (Fsp3) is 0.350. The lowest BCUT2D eigenvalue weighted by atomic mass is 10.2. The summed E-state index contributed by atoms with van der Waals surface area (Å²) in [6.45, 7) is 6.25. The molecule has 2 heterocycles. The number of nitrogens with zero attached hydrogens (tertiary/aromatic N) is 4. The van der Waals surface area contributed by atoms with Crippen molar-refractivity contribution in [3.63, 3.8) is 0 Å². The van der Waals surface area contributed by atoms with Gasteiger partial charge in [0.05, 0.1) is 12.2 Å². The number of benzene rings is 1. The quantitative estimate of drug-likeness (QED) is 0.577. The van der Waals surface area contributed by atoms with E-state index in [1.54, 1.807) is 0 Å². The van der Waals surface area contributed by atoms with Gasteiger partial charge in [-0.05, 0) is 31.0 Å². The molecular formula is C20H23N4OS. The summed E-state index contributed by atoms with van der Waals surface area (Å²) in [7, 11) is 0. The summed E-state index contributed by atoms with van der Waals surface area (Å²) in [4.78, 5) is 15.4. The molecule has 0 unspecified atom stereocenters. The highest BCUT2D eigenvalue weighted by Crippen LogP contribution is 2.13. The maximum Gasteiger partial charge on any atom is 0.225 e. The Morgan fingerprint density at radius 1 is 1.12 bits per heavy atom. The first-order chi connectivity index (χ1) is 12.7. The van der Waals surface area contributed by atoms with Crippen LogP contribution in [-0.2, 0) is 12.8 Å². The summed E-state index contributed by atoms with van der Waals surface area (Å²) in [6, 6.07) is 8.10. The van der Waals surface area contributed by atoms with Crippen LogP contribution in [0.5, 0.6) is 5.75 Å². The molecule has 1 radical (unpaired) electrons. The number of hydrogen-bond acceptors (Lipinski definition) is 6. The molecule has 0 atom stereocenters. The Balaban J connectivity index is 1.61. The van der Waals surface area contributed by atoms with Gasteiger partial charge in [-0.3, -0.25) is 0 Å². The van der Waals surface area contributed by atoms with Crippen LogP contribution in [0, 0.1) is 12.4 Å². The summed E-state index contributed by atoms with van der Waals surface area (Å²) in [5.74, 6) is 1.61. The molecule has 0 spiro atoms. The molecule has 0 saturated carbocycles. The molecular weight excluding hydrogens is 344 g/mol. The first kappa shape index (κ1) is 18.3. The van der Waals surface area contributed by atoms with Gasteiger partial charge in [-0.2, -0.15) is 0 Å². The first-order valence-electron chi connectivity index (χ1n) is 8.80. The molecule has 26 heavy (non-hydrogen) atoms. The lowest BCUT2D eigenvalue weighted by Crippen LogP contribution is -2.32. The van der Waals surface area contributed by atoms with Gasteiger partial charge in [0.2, 0.25) is 5.95 Å². The van der Waals surface area contributed by atoms with Crippen molar-refractivity contribution in [2.75, 3.05) is 24.6 Å². The molecule has 1 aromatic carbocycles. The number of ether oxygens (including phenoxy) is 1. The minimum Gasteiger partial charge on any atom is -0.492 e. The number of anilines is 1. The van der Waals surface area contributed by atoms with Crippen molar-refractivity contribution in [2.45, 2.75) is 26.7 Å². The lowest BCUT2D eigenvalue weighted by molar-refractivity contribution is 0.323. The third-order valence-electron chi connectivity index (χ3n) is 4.11. The maximum absolute atomic E-state index is 5.88. The van der Waals surface area contributed by atoms with Crippen LogP contribution in [0.4, 0.5) is 5.95 Å². The van der Waals surface area contributed by atoms with E-state index in [1.807, 2.05) is 29.9 Å². The minimum absolute atomic E-state index is 0.575. The standard InChI is InChI=1S/C20H23N4OS/c1-3-17-12-21-20(22-13-17)24(9-8-18-14-26-15-23-18)10-11-25-19-6-4-16(2)5-7-19/h4-7,12-14H,3,8-11H2,1-2H3. The lowest BCUT2D eigenvalue weighted by Gasteiger charge is -2.22. The van der Waals surface area contributed by atoms with Gasteiger partial charge >= 0.3 is 0 Å². The third kappa shape index (κ3) is 5.26. The Bertz CT molecular complexity index is 773. The van der Waals surface area contributed by atoms with Crippen LogP contribution < -0.4 is 9.64 Å². The van der Waals surface area contributed by atoms with Crippen molar-refractivity contribution >= 4 is 17.3 Å². The van der Waals surface area contributed by atoms with Gasteiger partial charge in [0.1, 0.15) is 12.4 Å². The van der Waals surface area contributed by atoms with E-state index < -0.39 is 0 Å². The number of thiazole rings is 1. The zero-order chi connectivity index (χ0) is 18.2. The Labute approximate surface area is 158 Å². The van der Waals surface area contributed by atoms with Crippen LogP contribution in [0.1, 0.15) is 23.7 Å². The van der Waals surface area contributed by atoms with Gasteiger partial charge in [0, 0.05) is 30.7 Å². The average Bonchev–Trinajstić information content (AvgIpc) is 3.20. The number of aromatic nitrogens is 3. The molecule has 3 aromatic rings. The molecule has 5 nitrogen and oxygen atoms in total. The second-order valence-electron chi connectivity index (χ2n) is 6.07. The zero-order valence-corrected chi connectivity index (χ0v) is 16.0. The predicted molar refractivity (Wildman–Crippen MR) is 105 cm³/mol. The average molecular weight is 367 g/mol. The molecule has 2 aromatic heterocycles. The van der Waals surface area contributed by atoms with Gasteiger partial charge in [0.25, 0.3) is 0 Å². The van der Waals surface area contributed by atoms with Crippen LogP contribution in [0.15, 0.2) is 42.0 Å². The molecule has 0 saturated heterocycles. The zero-order valence-electron chi connectivity index (χ0n) is 15.2. The van der Waals surface area contributed by atoms with Crippen LogP contribution in [-0.4, -0.2) is 34.6 Å². The Morgan fingerprint density at radius 3 is 2.54 bits per heavy atom. The fourth-order valence-electron chi connectivity index (χ4n) is 2.48. The SMILES string of the molecule is CCc1cnc(N(CCOc2ccc(C)cc2)CCc2cs[c]n2)nc1. The van der Waals surface area contributed by atoms with E-state index >= 15 is 0 Å². The van der Waals surface area contributed by atoms with E-state index in [0.29, 0.717) is 13.2 Å². The van der Waals surface area contributed by atoms with Crippen molar-refractivity contribution in [1.29, 1.82) is 0 Å². The molecule has 3 rings (SSSR count). The van der Waals surface area contributed by atoms with E-state index in [0.717, 1.165) is 42.3 Å². The van der Waals surface area contributed by atoms with E-state index in [9.17, 15) is 0 Å². The van der Waals surface area contributed by atoms with Gasteiger partial charge in [-0.25, -0.2) is 15.0 Å². The summed E-state index contributed by atoms with van der Waals surface area (Å²) in [5.41, 5.74) is 6.30. The van der Waals surface area contributed by atoms with E-state index in [-0.39, 0.29) is 0 Å². The van der Waals surface area contributed by atoms with Crippen molar-refractivity contribution in [3.05, 3.63) is 64.4 Å². The Kier molecular flexibility index (Phi) is 6.55. The second kappa shape index (κ2) is 9.29. The maximum atomic E-state index is 5.88. The number of rotatable bonds is 9. The monoisotopic (exact) mass is 367 g/mol. The molecule has 0 bridgehead atoms. The van der Waals surface area contributed by atoms with Crippen molar-refractivity contribution < 1.29 is 4.74 Å². The molecule has 0 N–H and O–H groups in total. The normalized spacial score (nSPS) is 10.7. The van der Waals surface area contributed by atoms with Gasteiger partial charge in [0.15, 0.2) is 5.51 Å². The molecule has 0 amide bonds. The summed E-state index contributed by atoms with van der Waals surface area (Å²) < 4.78 is 5.88. The van der Waals surface area contributed by atoms with Crippen molar-refractivity contribution in [1.82, 2.24) is 15.0 Å². The van der Waals surface area contributed by atoms with Crippen molar-refractivity contribution in [2.24, 2.45) is 0 Å². The third-order valence-corrected chi connectivity index (χ3v) is 4.70. The van der Waals surface area contributed by atoms with Crippen LogP contribution in [0.2, 0.25) is 0 Å². The summed E-state index contributed by atoms with van der Waals surface area (Å²) >= 11 is 1.50. The number of hydrogen-bond donors (Lipinski definition) is 0. The highest BCUT2D eigenvalue weighted by molar-refractivity contribution is 7.07. The largest absolute Gasteiger partial charge is 0.492 e. The highest BCUT2D eigenvalue weighted by Gasteiger charge is 2.11. The second-order valence-corrected chi connectivity index (χ2v) is 6.73. The summed E-state index contributed by atoms with van der Waals surface area (Å²) in [5, 5.41) is 2.03. The van der Waals surface area contributed by atoms with Gasteiger partial charge in [-0.15, -0.1) is 11.3 Å². The van der Waals surface area contributed by atoms with E-state index in [4.69, 9.17) is 4.74 Å². The Hall–Kier alpha value is -2.47.